The molecule has 142 valence electrons. The molecule has 0 atom stereocenters. The van der Waals surface area contributed by atoms with E-state index in [0.29, 0.717) is 29.0 Å². The van der Waals surface area contributed by atoms with Crippen LogP contribution in [-0.4, -0.2) is 11.9 Å². The molecule has 0 aliphatic rings. The average Bonchev–Trinajstić information content (AvgIpc) is 2.69. The fourth-order valence-electron chi connectivity index (χ4n) is 2.62. The van der Waals surface area contributed by atoms with Crippen molar-refractivity contribution in [1.29, 1.82) is 0 Å². The Morgan fingerprint density at radius 1 is 0.679 bits per heavy atom. The summed E-state index contributed by atoms with van der Waals surface area (Å²) in [4.78, 5) is 24.0. The summed E-state index contributed by atoms with van der Waals surface area (Å²) in [5, 5.41) is 8.21. The Kier molecular flexibility index (Phi) is 6.36. The van der Waals surface area contributed by atoms with Crippen molar-refractivity contribution < 1.29 is 14.0 Å². The molecule has 0 aliphatic carbocycles. The Bertz CT molecular complexity index is 944. The van der Waals surface area contributed by atoms with E-state index in [1.165, 1.54) is 6.07 Å². The maximum Gasteiger partial charge on any atom is 0.323 e. The highest BCUT2D eigenvalue weighted by atomic mass is 19.1. The van der Waals surface area contributed by atoms with Crippen molar-refractivity contribution in [2.24, 2.45) is 0 Å². The summed E-state index contributed by atoms with van der Waals surface area (Å²) in [6.45, 7) is 0. The van der Waals surface area contributed by atoms with E-state index >= 15 is 0 Å². The lowest BCUT2D eigenvalue weighted by Crippen LogP contribution is -2.19. The number of carbonyl (C=O) groups is 2. The monoisotopic (exact) mass is 377 g/mol. The normalized spacial score (nSPS) is 10.2. The van der Waals surface area contributed by atoms with Crippen molar-refractivity contribution in [1.82, 2.24) is 0 Å². The molecule has 0 radical (unpaired) electrons. The van der Waals surface area contributed by atoms with Gasteiger partial charge in [0.05, 0.1) is 0 Å². The van der Waals surface area contributed by atoms with Gasteiger partial charge in [-0.1, -0.05) is 36.4 Å². The summed E-state index contributed by atoms with van der Waals surface area (Å²) >= 11 is 0. The zero-order valence-corrected chi connectivity index (χ0v) is 15.1. The van der Waals surface area contributed by atoms with Gasteiger partial charge in [-0.15, -0.1) is 0 Å². The van der Waals surface area contributed by atoms with Crippen LogP contribution in [-0.2, 0) is 11.2 Å². The number of urea groups is 1. The van der Waals surface area contributed by atoms with Gasteiger partial charge in [-0.05, 0) is 54.4 Å². The molecular formula is C22H20FN3O2. The number of hydrogen-bond donors (Lipinski definition) is 3. The summed E-state index contributed by atoms with van der Waals surface area (Å²) in [5.41, 5.74) is 2.41. The maximum atomic E-state index is 13.6. The van der Waals surface area contributed by atoms with Crippen molar-refractivity contribution in [3.63, 3.8) is 0 Å². The van der Waals surface area contributed by atoms with E-state index in [4.69, 9.17) is 0 Å². The highest BCUT2D eigenvalue weighted by Crippen LogP contribution is 2.15. The second-order valence-corrected chi connectivity index (χ2v) is 6.16. The van der Waals surface area contributed by atoms with Crippen LogP contribution in [0.25, 0.3) is 0 Å². The minimum Gasteiger partial charge on any atom is -0.326 e. The number of amides is 3. The van der Waals surface area contributed by atoms with Crippen molar-refractivity contribution in [2.75, 3.05) is 16.0 Å². The van der Waals surface area contributed by atoms with Crippen molar-refractivity contribution in [3.05, 3.63) is 90.2 Å². The van der Waals surface area contributed by atoms with E-state index in [1.54, 1.807) is 54.6 Å². The van der Waals surface area contributed by atoms with Crippen LogP contribution in [0.4, 0.5) is 26.2 Å². The van der Waals surface area contributed by atoms with E-state index in [9.17, 15) is 14.0 Å². The first kappa shape index (κ1) is 19.1. The molecule has 0 aromatic heterocycles. The van der Waals surface area contributed by atoms with Crippen molar-refractivity contribution >= 4 is 29.0 Å². The summed E-state index contributed by atoms with van der Waals surface area (Å²) in [5.74, 6) is -0.509. The van der Waals surface area contributed by atoms with E-state index in [1.807, 2.05) is 18.2 Å². The number of hydrogen-bond acceptors (Lipinski definition) is 2. The molecule has 0 fully saturated rings. The number of carbonyl (C=O) groups excluding carboxylic acids is 2. The molecule has 3 N–H and O–H groups in total. The number of benzene rings is 3. The Balaban J connectivity index is 1.48. The Morgan fingerprint density at radius 3 is 1.86 bits per heavy atom. The number of aryl methyl sites for hydroxylation is 1. The third-order valence-corrected chi connectivity index (χ3v) is 4.04. The van der Waals surface area contributed by atoms with E-state index in [2.05, 4.69) is 16.0 Å². The molecule has 0 spiro atoms. The summed E-state index contributed by atoms with van der Waals surface area (Å²) in [6.07, 6.45) is 0.512. The Labute approximate surface area is 162 Å². The molecule has 5 nitrogen and oxygen atoms in total. The maximum absolute atomic E-state index is 13.6. The third-order valence-electron chi connectivity index (χ3n) is 4.04. The first-order chi connectivity index (χ1) is 13.6. The average molecular weight is 377 g/mol. The predicted molar refractivity (Wildman–Crippen MR) is 109 cm³/mol. The van der Waals surface area contributed by atoms with Gasteiger partial charge >= 0.3 is 6.03 Å². The summed E-state index contributed by atoms with van der Waals surface area (Å²) in [7, 11) is 0. The number of anilines is 3. The standard InChI is InChI=1S/C22H20FN3O2/c23-20-9-5-4-6-16(20)10-15-21(27)24-18-11-13-19(14-12-18)26-22(28)25-17-7-2-1-3-8-17/h1-9,11-14H,10,15H2,(H,24,27)(H2,25,26,28). The first-order valence-corrected chi connectivity index (χ1v) is 8.86. The number of para-hydroxylation sites is 1. The topological polar surface area (TPSA) is 70.2 Å². The second kappa shape index (κ2) is 9.32. The molecule has 3 amide bonds. The van der Waals surface area contributed by atoms with Gasteiger partial charge in [0.15, 0.2) is 0 Å². The second-order valence-electron chi connectivity index (χ2n) is 6.16. The predicted octanol–water partition coefficient (Wildman–Crippen LogP) is 5.04. The Hall–Kier alpha value is -3.67. The molecule has 0 saturated carbocycles. The Morgan fingerprint density at radius 2 is 1.21 bits per heavy atom. The number of rotatable bonds is 6. The largest absolute Gasteiger partial charge is 0.326 e. The van der Waals surface area contributed by atoms with Gasteiger partial charge in [0, 0.05) is 23.5 Å². The quantitative estimate of drug-likeness (QED) is 0.563. The van der Waals surface area contributed by atoms with Gasteiger partial charge < -0.3 is 16.0 Å². The fourth-order valence-corrected chi connectivity index (χ4v) is 2.62. The first-order valence-electron chi connectivity index (χ1n) is 8.86. The number of halogens is 1. The van der Waals surface area contributed by atoms with Crippen LogP contribution in [0.3, 0.4) is 0 Å². The van der Waals surface area contributed by atoms with Crippen LogP contribution in [0.15, 0.2) is 78.9 Å². The molecule has 0 heterocycles. The zero-order chi connectivity index (χ0) is 19.8. The number of nitrogens with one attached hydrogen (secondary N) is 3. The van der Waals surface area contributed by atoms with E-state index < -0.39 is 0 Å². The summed E-state index contributed by atoms with van der Waals surface area (Å²) < 4.78 is 13.6. The van der Waals surface area contributed by atoms with Crippen LogP contribution in [0.2, 0.25) is 0 Å². The molecule has 28 heavy (non-hydrogen) atoms. The van der Waals surface area contributed by atoms with Gasteiger partial charge in [-0.25, -0.2) is 9.18 Å². The van der Waals surface area contributed by atoms with Crippen molar-refractivity contribution in [3.8, 4) is 0 Å². The van der Waals surface area contributed by atoms with Gasteiger partial charge in [0.1, 0.15) is 5.82 Å². The van der Waals surface area contributed by atoms with E-state index in [0.717, 1.165) is 0 Å². The van der Waals surface area contributed by atoms with Crippen LogP contribution in [0.5, 0.6) is 0 Å². The van der Waals surface area contributed by atoms with Crippen molar-refractivity contribution in [2.45, 2.75) is 12.8 Å². The molecule has 3 aromatic rings. The molecular weight excluding hydrogens is 357 g/mol. The highest BCUT2D eigenvalue weighted by molar-refractivity contribution is 6.00. The smallest absolute Gasteiger partial charge is 0.323 e. The molecule has 3 aromatic carbocycles. The SMILES string of the molecule is O=C(CCc1ccccc1F)Nc1ccc(NC(=O)Nc2ccccc2)cc1. The minimum atomic E-state index is -0.354. The lowest BCUT2D eigenvalue weighted by Gasteiger charge is -2.09. The molecule has 0 saturated heterocycles. The van der Waals surface area contributed by atoms with Gasteiger partial charge in [-0.3, -0.25) is 4.79 Å². The molecule has 0 unspecified atom stereocenters. The fraction of sp³-hybridized carbons (Fsp3) is 0.0909. The van der Waals surface area contributed by atoms with Crippen LogP contribution < -0.4 is 16.0 Å². The third kappa shape index (κ3) is 5.67. The minimum absolute atomic E-state index is 0.181. The van der Waals surface area contributed by atoms with Gasteiger partial charge in [0.25, 0.3) is 0 Å². The highest BCUT2D eigenvalue weighted by Gasteiger charge is 2.07. The van der Waals surface area contributed by atoms with Gasteiger partial charge in [0.2, 0.25) is 5.91 Å². The van der Waals surface area contributed by atoms with Gasteiger partial charge in [-0.2, -0.15) is 0 Å². The zero-order valence-electron chi connectivity index (χ0n) is 15.1. The molecule has 6 heteroatoms. The van der Waals surface area contributed by atoms with Crippen LogP contribution in [0.1, 0.15) is 12.0 Å². The molecule has 3 rings (SSSR count). The van der Waals surface area contributed by atoms with E-state index in [-0.39, 0.29) is 24.2 Å². The van der Waals surface area contributed by atoms with Crippen LogP contribution >= 0.6 is 0 Å². The molecule has 0 bridgehead atoms. The summed E-state index contributed by atoms with van der Waals surface area (Å²) in [6, 6.07) is 21.9. The molecule has 0 aliphatic heterocycles. The lowest BCUT2D eigenvalue weighted by atomic mass is 10.1. The van der Waals surface area contributed by atoms with Crippen LogP contribution in [0, 0.1) is 5.82 Å². The lowest BCUT2D eigenvalue weighted by molar-refractivity contribution is -0.116.